The second-order valence-electron chi connectivity index (χ2n) is 5.97. The smallest absolute Gasteiger partial charge is 0.0796 e. The standard InChI is InChI=1S/C17H22O/c1-17(2,3)15-10-7-11-16(18)14(15)12-13-8-5-4-6-9-13/h4-6,8-10,12,16,18H,7,11H2,1-3H3. The lowest BCUT2D eigenvalue weighted by molar-refractivity contribution is 0.196. The zero-order valence-electron chi connectivity index (χ0n) is 11.5. The van der Waals surface area contributed by atoms with Crippen LogP contribution in [0.25, 0.3) is 6.08 Å². The SMILES string of the molecule is CC(C)(C)C1=CCCC(O)C1=Cc1ccccc1. The molecule has 1 aliphatic carbocycles. The van der Waals surface area contributed by atoms with Crippen molar-refractivity contribution in [3.63, 3.8) is 0 Å². The van der Waals surface area contributed by atoms with E-state index in [0.717, 1.165) is 24.0 Å². The van der Waals surface area contributed by atoms with Gasteiger partial charge in [-0.1, -0.05) is 57.2 Å². The van der Waals surface area contributed by atoms with E-state index in [0.29, 0.717) is 0 Å². The van der Waals surface area contributed by atoms with Gasteiger partial charge in [-0.25, -0.2) is 0 Å². The lowest BCUT2D eigenvalue weighted by atomic mass is 9.75. The van der Waals surface area contributed by atoms with E-state index < -0.39 is 0 Å². The van der Waals surface area contributed by atoms with Crippen molar-refractivity contribution in [3.05, 3.63) is 53.1 Å². The largest absolute Gasteiger partial charge is 0.388 e. The molecule has 0 amide bonds. The van der Waals surface area contributed by atoms with Crippen molar-refractivity contribution in [1.29, 1.82) is 0 Å². The van der Waals surface area contributed by atoms with Crippen molar-refractivity contribution in [2.24, 2.45) is 5.41 Å². The maximum Gasteiger partial charge on any atom is 0.0796 e. The molecule has 96 valence electrons. The topological polar surface area (TPSA) is 20.2 Å². The van der Waals surface area contributed by atoms with Gasteiger partial charge >= 0.3 is 0 Å². The number of allylic oxidation sites excluding steroid dienone is 1. The number of hydrogen-bond acceptors (Lipinski definition) is 1. The van der Waals surface area contributed by atoms with Crippen LogP contribution in [0.5, 0.6) is 0 Å². The first-order valence-corrected chi connectivity index (χ1v) is 6.64. The Hall–Kier alpha value is -1.34. The van der Waals surface area contributed by atoms with E-state index in [9.17, 15) is 5.11 Å². The van der Waals surface area contributed by atoms with Crippen LogP contribution in [0.4, 0.5) is 0 Å². The Balaban J connectivity index is 2.42. The highest BCUT2D eigenvalue weighted by molar-refractivity contribution is 5.61. The molecule has 2 rings (SSSR count). The molecule has 18 heavy (non-hydrogen) atoms. The van der Waals surface area contributed by atoms with Gasteiger partial charge in [-0.2, -0.15) is 0 Å². The summed E-state index contributed by atoms with van der Waals surface area (Å²) in [5, 5.41) is 10.3. The Morgan fingerprint density at radius 1 is 1.17 bits per heavy atom. The molecule has 1 aromatic carbocycles. The molecule has 0 radical (unpaired) electrons. The number of aliphatic hydroxyl groups is 1. The van der Waals surface area contributed by atoms with E-state index in [-0.39, 0.29) is 11.5 Å². The predicted octanol–water partition coefficient (Wildman–Crippen LogP) is 4.20. The number of hydrogen-bond donors (Lipinski definition) is 1. The summed E-state index contributed by atoms with van der Waals surface area (Å²) in [5.41, 5.74) is 3.61. The minimum atomic E-state index is -0.329. The van der Waals surface area contributed by atoms with Gasteiger partial charge in [0, 0.05) is 0 Å². The Morgan fingerprint density at radius 2 is 1.83 bits per heavy atom. The molecule has 1 N–H and O–H groups in total. The van der Waals surface area contributed by atoms with Gasteiger partial charge in [-0.05, 0) is 41.0 Å². The van der Waals surface area contributed by atoms with Crippen LogP contribution in [0.2, 0.25) is 0 Å². The summed E-state index contributed by atoms with van der Waals surface area (Å²) < 4.78 is 0. The molecule has 0 spiro atoms. The van der Waals surface area contributed by atoms with E-state index >= 15 is 0 Å². The minimum absolute atomic E-state index is 0.0853. The van der Waals surface area contributed by atoms with Gasteiger partial charge in [0.2, 0.25) is 0 Å². The molecule has 1 unspecified atom stereocenters. The van der Waals surface area contributed by atoms with Gasteiger partial charge < -0.3 is 5.11 Å². The van der Waals surface area contributed by atoms with Gasteiger partial charge in [0.25, 0.3) is 0 Å². The summed E-state index contributed by atoms with van der Waals surface area (Å²) >= 11 is 0. The predicted molar refractivity (Wildman–Crippen MR) is 77.2 cm³/mol. The van der Waals surface area contributed by atoms with Gasteiger partial charge in [-0.15, -0.1) is 0 Å². The molecule has 0 saturated heterocycles. The van der Waals surface area contributed by atoms with E-state index in [1.807, 2.05) is 18.2 Å². The molecule has 0 bridgehead atoms. The van der Waals surface area contributed by atoms with Gasteiger partial charge in [0.15, 0.2) is 0 Å². The summed E-state index contributed by atoms with van der Waals surface area (Å²) in [6, 6.07) is 10.2. The van der Waals surface area contributed by atoms with Gasteiger partial charge in [0.1, 0.15) is 0 Å². The lowest BCUT2D eigenvalue weighted by Gasteiger charge is -2.31. The zero-order valence-corrected chi connectivity index (χ0v) is 11.5. The first-order chi connectivity index (χ1) is 8.48. The van der Waals surface area contributed by atoms with Crippen LogP contribution >= 0.6 is 0 Å². The summed E-state index contributed by atoms with van der Waals surface area (Å²) in [6.45, 7) is 6.61. The Labute approximate surface area is 110 Å². The van der Waals surface area contributed by atoms with Crippen molar-refractivity contribution >= 4 is 6.08 Å². The third-order valence-corrected chi connectivity index (χ3v) is 3.39. The molecule has 0 aromatic heterocycles. The highest BCUT2D eigenvalue weighted by Gasteiger charge is 2.27. The third-order valence-electron chi connectivity index (χ3n) is 3.39. The normalized spacial score (nSPS) is 23.0. The van der Waals surface area contributed by atoms with E-state index in [1.54, 1.807) is 0 Å². The Bertz CT molecular complexity index is 460. The molecule has 1 aromatic rings. The van der Waals surface area contributed by atoms with E-state index in [4.69, 9.17) is 0 Å². The fourth-order valence-corrected chi connectivity index (χ4v) is 2.48. The monoisotopic (exact) mass is 242 g/mol. The maximum atomic E-state index is 10.3. The quantitative estimate of drug-likeness (QED) is 0.782. The molecule has 0 fully saturated rings. The average molecular weight is 242 g/mol. The summed E-state index contributed by atoms with van der Waals surface area (Å²) in [7, 11) is 0. The zero-order chi connectivity index (χ0) is 13.2. The second kappa shape index (κ2) is 5.11. The Kier molecular flexibility index (Phi) is 3.72. The highest BCUT2D eigenvalue weighted by Crippen LogP contribution is 2.38. The third kappa shape index (κ3) is 2.91. The molecule has 1 aliphatic rings. The van der Waals surface area contributed by atoms with Crippen LogP contribution in [0, 0.1) is 5.41 Å². The Morgan fingerprint density at radius 3 is 2.44 bits per heavy atom. The molecular formula is C17H22O. The molecule has 0 aliphatic heterocycles. The van der Waals surface area contributed by atoms with Crippen LogP contribution in [-0.4, -0.2) is 11.2 Å². The fraction of sp³-hybridized carbons (Fsp3) is 0.412. The van der Waals surface area contributed by atoms with Crippen LogP contribution in [-0.2, 0) is 0 Å². The van der Waals surface area contributed by atoms with Crippen LogP contribution in [0.1, 0.15) is 39.2 Å². The first-order valence-electron chi connectivity index (χ1n) is 6.64. The van der Waals surface area contributed by atoms with E-state index in [2.05, 4.69) is 45.1 Å². The number of aliphatic hydroxyl groups excluding tert-OH is 1. The van der Waals surface area contributed by atoms with Crippen molar-refractivity contribution in [2.75, 3.05) is 0 Å². The maximum absolute atomic E-state index is 10.3. The number of rotatable bonds is 1. The lowest BCUT2D eigenvalue weighted by Crippen LogP contribution is -2.23. The molecule has 1 heteroatoms. The highest BCUT2D eigenvalue weighted by atomic mass is 16.3. The summed E-state index contributed by atoms with van der Waals surface area (Å²) in [4.78, 5) is 0. The molecule has 0 heterocycles. The van der Waals surface area contributed by atoms with Crippen LogP contribution in [0.15, 0.2) is 47.6 Å². The van der Waals surface area contributed by atoms with Crippen molar-refractivity contribution in [1.82, 2.24) is 0 Å². The molecule has 1 atom stereocenters. The first kappa shape index (κ1) is 13.1. The van der Waals surface area contributed by atoms with Crippen molar-refractivity contribution in [3.8, 4) is 0 Å². The van der Waals surface area contributed by atoms with E-state index in [1.165, 1.54) is 5.57 Å². The van der Waals surface area contributed by atoms with Crippen LogP contribution in [0.3, 0.4) is 0 Å². The molecule has 0 saturated carbocycles. The number of benzene rings is 1. The molecule has 1 nitrogen and oxygen atoms in total. The summed E-state index contributed by atoms with van der Waals surface area (Å²) in [6.07, 6.45) is 5.88. The molecular weight excluding hydrogens is 220 g/mol. The second-order valence-corrected chi connectivity index (χ2v) is 5.97. The summed E-state index contributed by atoms with van der Waals surface area (Å²) in [5.74, 6) is 0. The average Bonchev–Trinajstić information content (AvgIpc) is 2.32. The van der Waals surface area contributed by atoms with Gasteiger partial charge in [0.05, 0.1) is 6.10 Å². The van der Waals surface area contributed by atoms with Crippen LogP contribution < -0.4 is 0 Å². The van der Waals surface area contributed by atoms with Crippen molar-refractivity contribution < 1.29 is 5.11 Å². The minimum Gasteiger partial charge on any atom is -0.388 e. The van der Waals surface area contributed by atoms with Gasteiger partial charge in [-0.3, -0.25) is 0 Å². The van der Waals surface area contributed by atoms with Crippen molar-refractivity contribution in [2.45, 2.75) is 39.7 Å². The fourth-order valence-electron chi connectivity index (χ4n) is 2.48.